The van der Waals surface area contributed by atoms with E-state index in [0.29, 0.717) is 11.5 Å². The van der Waals surface area contributed by atoms with Crippen LogP contribution in [0.5, 0.6) is 0 Å². The van der Waals surface area contributed by atoms with Gasteiger partial charge in [-0.3, -0.25) is 4.79 Å². The number of alkyl halides is 3. The molecule has 0 saturated heterocycles. The smallest absolute Gasteiger partial charge is 0.334 e. The topological polar surface area (TPSA) is 60.9 Å². The molecular weight excluding hydrogens is 343 g/mol. The molecule has 0 bridgehead atoms. The molecular formula is C19H18F3N3O. The highest BCUT2D eigenvalue weighted by Gasteiger charge is 2.31. The first kappa shape index (κ1) is 18.0. The van der Waals surface area contributed by atoms with Crippen molar-refractivity contribution in [3.05, 3.63) is 63.9 Å². The minimum atomic E-state index is -4.51. The predicted octanol–water partition coefficient (Wildman–Crippen LogP) is 3.99. The molecule has 0 aliphatic rings. The Balaban J connectivity index is 2.13. The number of fused-ring (bicyclic) bond motifs is 1. The summed E-state index contributed by atoms with van der Waals surface area (Å²) in [6.07, 6.45) is -3.61. The molecule has 0 fully saturated rings. The number of halogens is 3. The summed E-state index contributed by atoms with van der Waals surface area (Å²) < 4.78 is 39.7. The van der Waals surface area contributed by atoms with Crippen molar-refractivity contribution >= 4 is 10.9 Å². The van der Waals surface area contributed by atoms with Crippen molar-refractivity contribution in [2.75, 3.05) is 5.84 Å². The third kappa shape index (κ3) is 3.42. The lowest BCUT2D eigenvalue weighted by Crippen LogP contribution is -2.30. The highest BCUT2D eigenvalue weighted by atomic mass is 19.4. The van der Waals surface area contributed by atoms with E-state index in [-0.39, 0.29) is 16.7 Å². The molecule has 0 spiro atoms. The number of hydrogen-bond donors (Lipinski definition) is 1. The molecule has 2 aromatic carbocycles. The van der Waals surface area contributed by atoms with Gasteiger partial charge >= 0.3 is 6.18 Å². The largest absolute Gasteiger partial charge is 0.416 e. The Kier molecular flexibility index (Phi) is 4.48. The summed E-state index contributed by atoms with van der Waals surface area (Å²) in [6.45, 7) is 4.21. The standard InChI is InChI=1S/C19H18F3N3O/c1-11(2)9-12-3-5-13(6-4-12)17-24-16-10-14(19(20,21)22)7-8-15(16)18(26)25(17)23/h3-8,10-11H,9,23H2,1-2H3. The molecule has 4 nitrogen and oxygen atoms in total. The van der Waals surface area contributed by atoms with E-state index >= 15 is 0 Å². The van der Waals surface area contributed by atoms with E-state index in [1.807, 2.05) is 12.1 Å². The highest BCUT2D eigenvalue weighted by Crippen LogP contribution is 2.31. The summed E-state index contributed by atoms with van der Waals surface area (Å²) >= 11 is 0. The van der Waals surface area contributed by atoms with Crippen molar-refractivity contribution in [1.29, 1.82) is 0 Å². The van der Waals surface area contributed by atoms with Crippen LogP contribution in [0.1, 0.15) is 25.0 Å². The van der Waals surface area contributed by atoms with Crippen LogP contribution in [0.2, 0.25) is 0 Å². The molecule has 3 aromatic rings. The summed E-state index contributed by atoms with van der Waals surface area (Å²) in [5, 5.41) is 0.0423. The molecule has 26 heavy (non-hydrogen) atoms. The SMILES string of the molecule is CC(C)Cc1ccc(-c2nc3cc(C(F)(F)F)ccc3c(=O)n2N)cc1. The van der Waals surface area contributed by atoms with E-state index < -0.39 is 17.3 Å². The van der Waals surface area contributed by atoms with Crippen LogP contribution in [-0.2, 0) is 12.6 Å². The third-order valence-electron chi connectivity index (χ3n) is 4.08. The Hall–Kier alpha value is -2.83. The van der Waals surface area contributed by atoms with Gasteiger partial charge in [0.05, 0.1) is 16.5 Å². The van der Waals surface area contributed by atoms with E-state index in [9.17, 15) is 18.0 Å². The molecule has 0 amide bonds. The van der Waals surface area contributed by atoms with E-state index in [1.165, 1.54) is 0 Å². The molecule has 1 aromatic heterocycles. The fraction of sp³-hybridized carbons (Fsp3) is 0.263. The molecule has 0 aliphatic heterocycles. The van der Waals surface area contributed by atoms with Crippen LogP contribution < -0.4 is 11.4 Å². The molecule has 0 aliphatic carbocycles. The summed E-state index contributed by atoms with van der Waals surface area (Å²) in [5.41, 5.74) is 0.203. The molecule has 3 rings (SSSR count). The van der Waals surface area contributed by atoms with Crippen LogP contribution in [0.4, 0.5) is 13.2 Å². The Morgan fingerprint density at radius 3 is 2.35 bits per heavy atom. The zero-order valence-electron chi connectivity index (χ0n) is 14.3. The average Bonchev–Trinajstić information content (AvgIpc) is 2.57. The first-order valence-electron chi connectivity index (χ1n) is 8.15. The maximum absolute atomic E-state index is 12.9. The normalized spacial score (nSPS) is 12.1. The van der Waals surface area contributed by atoms with E-state index in [2.05, 4.69) is 18.8 Å². The van der Waals surface area contributed by atoms with Crippen LogP contribution in [0.25, 0.3) is 22.3 Å². The second kappa shape index (κ2) is 6.48. The lowest BCUT2D eigenvalue weighted by Gasteiger charge is -2.12. The van der Waals surface area contributed by atoms with Gasteiger partial charge in [-0.1, -0.05) is 38.1 Å². The molecule has 0 radical (unpaired) electrons. The summed E-state index contributed by atoms with van der Waals surface area (Å²) in [4.78, 5) is 16.6. The van der Waals surface area contributed by atoms with Gasteiger partial charge in [0, 0.05) is 5.56 Å². The highest BCUT2D eigenvalue weighted by molar-refractivity contribution is 5.80. The molecule has 0 atom stereocenters. The third-order valence-corrected chi connectivity index (χ3v) is 4.08. The van der Waals surface area contributed by atoms with Crippen molar-refractivity contribution in [1.82, 2.24) is 9.66 Å². The maximum atomic E-state index is 12.9. The summed E-state index contributed by atoms with van der Waals surface area (Å²) in [6, 6.07) is 10.2. The first-order valence-corrected chi connectivity index (χ1v) is 8.15. The molecule has 136 valence electrons. The lowest BCUT2D eigenvalue weighted by atomic mass is 10.0. The molecule has 7 heteroatoms. The van der Waals surface area contributed by atoms with Crippen LogP contribution in [-0.4, -0.2) is 9.66 Å². The average molecular weight is 361 g/mol. The van der Waals surface area contributed by atoms with Crippen LogP contribution in [0, 0.1) is 5.92 Å². The fourth-order valence-corrected chi connectivity index (χ4v) is 2.84. The predicted molar refractivity (Wildman–Crippen MR) is 95.1 cm³/mol. The van der Waals surface area contributed by atoms with Crippen molar-refractivity contribution in [2.24, 2.45) is 5.92 Å². The van der Waals surface area contributed by atoms with E-state index in [4.69, 9.17) is 5.84 Å². The van der Waals surface area contributed by atoms with Gasteiger partial charge in [-0.25, -0.2) is 9.66 Å². The maximum Gasteiger partial charge on any atom is 0.416 e. The van der Waals surface area contributed by atoms with Gasteiger partial charge in [0.2, 0.25) is 0 Å². The minimum Gasteiger partial charge on any atom is -0.334 e. The summed E-state index contributed by atoms with van der Waals surface area (Å²) in [5.74, 6) is 6.46. The minimum absolute atomic E-state index is 0.0345. The number of nitrogen functional groups attached to an aromatic ring is 1. The van der Waals surface area contributed by atoms with Gasteiger partial charge in [-0.05, 0) is 36.1 Å². The number of hydrogen-bond acceptors (Lipinski definition) is 3. The second-order valence-corrected chi connectivity index (χ2v) is 6.64. The number of rotatable bonds is 3. The fourth-order valence-electron chi connectivity index (χ4n) is 2.84. The van der Waals surface area contributed by atoms with Crippen LogP contribution in [0.15, 0.2) is 47.3 Å². The number of benzene rings is 2. The van der Waals surface area contributed by atoms with Gasteiger partial charge in [-0.15, -0.1) is 0 Å². The van der Waals surface area contributed by atoms with Gasteiger partial charge < -0.3 is 5.84 Å². The number of nitrogens with zero attached hydrogens (tertiary/aromatic N) is 2. The Bertz CT molecular complexity index is 1010. The van der Waals surface area contributed by atoms with Crippen molar-refractivity contribution in [3.8, 4) is 11.4 Å². The lowest BCUT2D eigenvalue weighted by molar-refractivity contribution is -0.137. The van der Waals surface area contributed by atoms with Crippen molar-refractivity contribution < 1.29 is 13.2 Å². The van der Waals surface area contributed by atoms with Gasteiger partial charge in [0.25, 0.3) is 5.56 Å². The van der Waals surface area contributed by atoms with E-state index in [1.54, 1.807) is 12.1 Å². The molecule has 0 unspecified atom stereocenters. The van der Waals surface area contributed by atoms with Crippen molar-refractivity contribution in [2.45, 2.75) is 26.4 Å². The quantitative estimate of drug-likeness (QED) is 0.718. The van der Waals surface area contributed by atoms with Crippen LogP contribution >= 0.6 is 0 Å². The monoisotopic (exact) mass is 361 g/mol. The van der Waals surface area contributed by atoms with Crippen LogP contribution in [0.3, 0.4) is 0 Å². The zero-order chi connectivity index (χ0) is 19.1. The first-order chi connectivity index (χ1) is 12.2. The molecule has 1 heterocycles. The Labute approximate surface area is 148 Å². The van der Waals surface area contributed by atoms with Gasteiger partial charge in [-0.2, -0.15) is 13.2 Å². The number of nitrogens with two attached hydrogens (primary N) is 1. The summed E-state index contributed by atoms with van der Waals surface area (Å²) in [7, 11) is 0. The van der Waals surface area contributed by atoms with Gasteiger partial charge in [0.15, 0.2) is 5.82 Å². The second-order valence-electron chi connectivity index (χ2n) is 6.64. The van der Waals surface area contributed by atoms with Crippen molar-refractivity contribution in [3.63, 3.8) is 0 Å². The molecule has 0 saturated carbocycles. The van der Waals surface area contributed by atoms with E-state index in [0.717, 1.165) is 34.9 Å². The number of aromatic nitrogens is 2. The Morgan fingerprint density at radius 2 is 1.77 bits per heavy atom. The Morgan fingerprint density at radius 1 is 1.12 bits per heavy atom. The van der Waals surface area contributed by atoms with Gasteiger partial charge in [0.1, 0.15) is 0 Å². The molecule has 2 N–H and O–H groups in total. The zero-order valence-corrected chi connectivity index (χ0v) is 14.3.